The van der Waals surface area contributed by atoms with Crippen molar-refractivity contribution in [2.24, 2.45) is 0 Å². The second kappa shape index (κ2) is 6.29. The van der Waals surface area contributed by atoms with Crippen molar-refractivity contribution >= 4 is 21.4 Å². The first-order chi connectivity index (χ1) is 7.56. The van der Waals surface area contributed by atoms with Gasteiger partial charge in [-0.25, -0.2) is 18.1 Å². The van der Waals surface area contributed by atoms with E-state index in [9.17, 15) is 8.42 Å². The van der Waals surface area contributed by atoms with E-state index in [-0.39, 0.29) is 10.8 Å². The third kappa shape index (κ3) is 4.17. The van der Waals surface area contributed by atoms with Crippen LogP contribution in [-0.2, 0) is 10.0 Å². The van der Waals surface area contributed by atoms with Crippen molar-refractivity contribution in [3.63, 3.8) is 0 Å². The average molecular weight is 264 g/mol. The predicted octanol–water partition coefficient (Wildman–Crippen LogP) is 0.892. The van der Waals surface area contributed by atoms with Gasteiger partial charge in [0.05, 0.1) is 11.2 Å². The van der Waals surface area contributed by atoms with Crippen LogP contribution in [-0.4, -0.2) is 31.7 Å². The molecule has 2 N–H and O–H groups in total. The van der Waals surface area contributed by atoms with E-state index in [0.29, 0.717) is 13.0 Å². The Hall–Kier alpha value is -0.500. The quantitative estimate of drug-likeness (QED) is 0.717. The van der Waals surface area contributed by atoms with Crippen molar-refractivity contribution in [2.75, 3.05) is 13.2 Å². The standard InChI is InChI=1S/C9H16N2O3S2/c1-8-10-7-9(15-8)16(13,14)11-5-3-2-4-6-12/h7,11-12H,2-6H2,1H3. The summed E-state index contributed by atoms with van der Waals surface area (Å²) < 4.78 is 26.1. The summed E-state index contributed by atoms with van der Waals surface area (Å²) in [6.45, 7) is 2.32. The van der Waals surface area contributed by atoms with Crippen LogP contribution in [0.25, 0.3) is 0 Å². The van der Waals surface area contributed by atoms with Crippen molar-refractivity contribution < 1.29 is 13.5 Å². The van der Waals surface area contributed by atoms with E-state index in [0.717, 1.165) is 29.2 Å². The molecule has 0 fully saturated rings. The first kappa shape index (κ1) is 13.6. The molecule has 1 aromatic heterocycles. The van der Waals surface area contributed by atoms with Crippen molar-refractivity contribution in [2.45, 2.75) is 30.4 Å². The number of hydrogen-bond donors (Lipinski definition) is 2. The fraction of sp³-hybridized carbons (Fsp3) is 0.667. The molecule has 0 saturated carbocycles. The maximum absolute atomic E-state index is 11.7. The zero-order valence-corrected chi connectivity index (χ0v) is 10.8. The Kier molecular flexibility index (Phi) is 5.33. The van der Waals surface area contributed by atoms with Crippen LogP contribution in [0.4, 0.5) is 0 Å². The number of thiazole rings is 1. The van der Waals surface area contributed by atoms with E-state index in [1.54, 1.807) is 6.92 Å². The number of unbranched alkanes of at least 4 members (excludes halogenated alkanes) is 2. The van der Waals surface area contributed by atoms with Crippen LogP contribution >= 0.6 is 11.3 Å². The van der Waals surface area contributed by atoms with Crippen molar-refractivity contribution in [3.8, 4) is 0 Å². The number of rotatable bonds is 7. The Bertz CT molecular complexity index is 414. The van der Waals surface area contributed by atoms with Gasteiger partial charge in [0.2, 0.25) is 0 Å². The van der Waals surface area contributed by atoms with Crippen LogP contribution < -0.4 is 4.72 Å². The number of sulfonamides is 1. The summed E-state index contributed by atoms with van der Waals surface area (Å²) in [6.07, 6.45) is 3.63. The highest BCUT2D eigenvalue weighted by Crippen LogP contribution is 2.17. The van der Waals surface area contributed by atoms with Crippen molar-refractivity contribution in [1.29, 1.82) is 0 Å². The second-order valence-corrected chi connectivity index (χ2v) is 6.61. The number of aliphatic hydroxyl groups is 1. The maximum Gasteiger partial charge on any atom is 0.251 e. The molecule has 1 rings (SSSR count). The van der Waals surface area contributed by atoms with Gasteiger partial charge in [0.1, 0.15) is 0 Å². The van der Waals surface area contributed by atoms with Gasteiger partial charge in [-0.15, -0.1) is 11.3 Å². The summed E-state index contributed by atoms with van der Waals surface area (Å²) in [6, 6.07) is 0. The minimum absolute atomic E-state index is 0.154. The van der Waals surface area contributed by atoms with E-state index in [1.807, 2.05) is 0 Å². The van der Waals surface area contributed by atoms with Crippen LogP contribution in [0, 0.1) is 6.92 Å². The normalized spacial score (nSPS) is 11.9. The molecule has 1 heterocycles. The number of nitrogens with zero attached hydrogens (tertiary/aromatic N) is 1. The van der Waals surface area contributed by atoms with Gasteiger partial charge in [0, 0.05) is 13.2 Å². The summed E-state index contributed by atoms with van der Waals surface area (Å²) >= 11 is 1.16. The number of nitrogens with one attached hydrogen (secondary N) is 1. The molecule has 0 aliphatic carbocycles. The molecule has 7 heteroatoms. The highest BCUT2D eigenvalue weighted by molar-refractivity contribution is 7.91. The van der Waals surface area contributed by atoms with E-state index >= 15 is 0 Å². The molecule has 1 aromatic rings. The number of hydrogen-bond acceptors (Lipinski definition) is 5. The molecule has 0 amide bonds. The van der Waals surface area contributed by atoms with Crippen LogP contribution in [0.1, 0.15) is 24.3 Å². The molecule has 16 heavy (non-hydrogen) atoms. The minimum atomic E-state index is -3.38. The Morgan fingerprint density at radius 2 is 2.19 bits per heavy atom. The van der Waals surface area contributed by atoms with Crippen molar-refractivity contribution in [3.05, 3.63) is 11.2 Å². The summed E-state index contributed by atoms with van der Waals surface area (Å²) in [5, 5.41) is 9.30. The number of aryl methyl sites for hydroxylation is 1. The number of aliphatic hydroxyl groups excluding tert-OH is 1. The fourth-order valence-corrected chi connectivity index (χ4v) is 3.38. The first-order valence-corrected chi connectivity index (χ1v) is 7.39. The van der Waals surface area contributed by atoms with Crippen LogP contribution in [0.3, 0.4) is 0 Å². The Labute approximate surface area is 99.6 Å². The van der Waals surface area contributed by atoms with Gasteiger partial charge < -0.3 is 5.11 Å². The molecule has 0 radical (unpaired) electrons. The molecule has 0 aromatic carbocycles. The maximum atomic E-state index is 11.7. The fourth-order valence-electron chi connectivity index (χ4n) is 1.16. The van der Waals surface area contributed by atoms with E-state index in [2.05, 4.69) is 9.71 Å². The SMILES string of the molecule is Cc1ncc(S(=O)(=O)NCCCCCO)s1. The van der Waals surface area contributed by atoms with Crippen molar-refractivity contribution in [1.82, 2.24) is 9.71 Å². The molecule has 0 saturated heterocycles. The lowest BCUT2D eigenvalue weighted by Crippen LogP contribution is -2.24. The molecule has 0 bridgehead atoms. The topological polar surface area (TPSA) is 79.3 Å². The Morgan fingerprint density at radius 3 is 2.75 bits per heavy atom. The summed E-state index contributed by atoms with van der Waals surface area (Å²) in [5.74, 6) is 0. The Morgan fingerprint density at radius 1 is 1.44 bits per heavy atom. The van der Waals surface area contributed by atoms with Gasteiger partial charge >= 0.3 is 0 Å². The lowest BCUT2D eigenvalue weighted by Gasteiger charge is -2.03. The molecule has 0 unspecified atom stereocenters. The molecular formula is C9H16N2O3S2. The third-order valence-electron chi connectivity index (χ3n) is 1.99. The zero-order valence-electron chi connectivity index (χ0n) is 9.14. The van der Waals surface area contributed by atoms with Gasteiger partial charge in [0.15, 0.2) is 4.21 Å². The minimum Gasteiger partial charge on any atom is -0.396 e. The van der Waals surface area contributed by atoms with E-state index < -0.39 is 10.0 Å². The van der Waals surface area contributed by atoms with Crippen LogP contribution in [0.15, 0.2) is 10.4 Å². The van der Waals surface area contributed by atoms with Gasteiger partial charge in [-0.3, -0.25) is 0 Å². The molecule has 0 spiro atoms. The summed E-state index contributed by atoms with van der Waals surface area (Å²) in [5.41, 5.74) is 0. The molecule has 0 aliphatic rings. The molecular weight excluding hydrogens is 248 g/mol. The van der Waals surface area contributed by atoms with Crippen LogP contribution in [0.2, 0.25) is 0 Å². The number of aromatic nitrogens is 1. The molecule has 0 aliphatic heterocycles. The third-order valence-corrected chi connectivity index (χ3v) is 4.83. The smallest absolute Gasteiger partial charge is 0.251 e. The summed E-state index contributed by atoms with van der Waals surface area (Å²) in [4.78, 5) is 3.91. The molecule has 0 atom stereocenters. The van der Waals surface area contributed by atoms with Gasteiger partial charge in [0.25, 0.3) is 10.0 Å². The van der Waals surface area contributed by atoms with E-state index in [1.165, 1.54) is 6.20 Å². The second-order valence-electron chi connectivity index (χ2n) is 3.38. The van der Waals surface area contributed by atoms with Gasteiger partial charge in [-0.1, -0.05) is 0 Å². The average Bonchev–Trinajstić information content (AvgIpc) is 2.65. The highest BCUT2D eigenvalue weighted by atomic mass is 32.2. The monoisotopic (exact) mass is 264 g/mol. The zero-order chi connectivity index (χ0) is 12.0. The largest absolute Gasteiger partial charge is 0.396 e. The molecule has 5 nitrogen and oxygen atoms in total. The highest BCUT2D eigenvalue weighted by Gasteiger charge is 2.15. The predicted molar refractivity (Wildman–Crippen MR) is 63.0 cm³/mol. The first-order valence-electron chi connectivity index (χ1n) is 5.09. The lowest BCUT2D eigenvalue weighted by molar-refractivity contribution is 0.283. The van der Waals surface area contributed by atoms with Gasteiger partial charge in [-0.2, -0.15) is 0 Å². The van der Waals surface area contributed by atoms with E-state index in [4.69, 9.17) is 5.11 Å². The summed E-state index contributed by atoms with van der Waals surface area (Å²) in [7, 11) is -3.38. The Balaban J connectivity index is 2.41. The molecule has 92 valence electrons. The van der Waals surface area contributed by atoms with Crippen LogP contribution in [0.5, 0.6) is 0 Å². The lowest BCUT2D eigenvalue weighted by atomic mass is 10.2. The van der Waals surface area contributed by atoms with Gasteiger partial charge in [-0.05, 0) is 26.2 Å².